The molecule has 1 saturated heterocycles. The van der Waals surface area contributed by atoms with Crippen molar-refractivity contribution in [3.63, 3.8) is 0 Å². The summed E-state index contributed by atoms with van der Waals surface area (Å²) in [5, 5.41) is 2.77. The predicted molar refractivity (Wildman–Crippen MR) is 116 cm³/mol. The summed E-state index contributed by atoms with van der Waals surface area (Å²) in [6.07, 6.45) is 2.15. The molecule has 0 bridgehead atoms. The van der Waals surface area contributed by atoms with Crippen molar-refractivity contribution in [3.05, 3.63) is 53.7 Å². The van der Waals surface area contributed by atoms with Crippen LogP contribution >= 0.6 is 0 Å². The van der Waals surface area contributed by atoms with Crippen LogP contribution in [0.5, 0.6) is 11.6 Å². The third-order valence-corrected chi connectivity index (χ3v) is 5.59. The molecule has 3 heterocycles. The molecule has 1 aromatic heterocycles. The Morgan fingerprint density at radius 3 is 2.69 bits per heavy atom. The van der Waals surface area contributed by atoms with Crippen molar-refractivity contribution in [2.75, 3.05) is 51.2 Å². The van der Waals surface area contributed by atoms with E-state index in [9.17, 15) is 13.6 Å². The van der Waals surface area contributed by atoms with Gasteiger partial charge in [0.25, 0.3) is 0 Å². The minimum atomic E-state index is -1.00. The number of benzene rings is 1. The largest absolute Gasteiger partial charge is 0.438 e. The number of aromatic nitrogens is 2. The zero-order valence-electron chi connectivity index (χ0n) is 18.0. The number of hydrogen-bond donors (Lipinski definition) is 1. The molecule has 1 fully saturated rings. The normalized spacial score (nSPS) is 16.5. The summed E-state index contributed by atoms with van der Waals surface area (Å²) in [6.45, 7) is 8.04. The molecule has 8 nitrogen and oxygen atoms in total. The second-order valence-electron chi connectivity index (χ2n) is 7.87. The first-order valence-corrected chi connectivity index (χ1v) is 10.5. The molecule has 0 saturated carbocycles. The predicted octanol–water partition coefficient (Wildman–Crippen LogP) is 2.55. The number of carbonyl (C=O) groups excluding carboxylic acids is 1. The molecule has 1 aromatic carbocycles. The first-order chi connectivity index (χ1) is 15.4. The number of ether oxygens (including phenoxy) is 1. The standard InChI is InChI=1S/C22H26F2N6O2/c1-3-7-25-22(31)30-8-6-19-16(14-30)20(32-15-4-5-17(23)18(24)13-15)27-21(26-19)29-11-9-28(2)10-12-29/h3-5,13H,1,6-12,14H2,2H3,(H,25,31). The summed E-state index contributed by atoms with van der Waals surface area (Å²) < 4.78 is 33.0. The Bertz CT molecular complexity index is 1010. The Balaban J connectivity index is 1.66. The van der Waals surface area contributed by atoms with Gasteiger partial charge in [0.05, 0.1) is 17.8 Å². The van der Waals surface area contributed by atoms with Gasteiger partial charge in [-0.25, -0.2) is 18.6 Å². The topological polar surface area (TPSA) is 73.8 Å². The summed E-state index contributed by atoms with van der Waals surface area (Å²) in [5.74, 6) is -1.04. The maximum atomic E-state index is 13.7. The van der Waals surface area contributed by atoms with E-state index in [1.807, 2.05) is 0 Å². The van der Waals surface area contributed by atoms with E-state index in [4.69, 9.17) is 9.72 Å². The van der Waals surface area contributed by atoms with E-state index in [0.717, 1.165) is 44.0 Å². The first-order valence-electron chi connectivity index (χ1n) is 10.5. The van der Waals surface area contributed by atoms with Crippen molar-refractivity contribution in [2.45, 2.75) is 13.0 Å². The minimum absolute atomic E-state index is 0.127. The van der Waals surface area contributed by atoms with E-state index < -0.39 is 11.6 Å². The lowest BCUT2D eigenvalue weighted by atomic mass is 10.1. The number of piperazine rings is 1. The van der Waals surface area contributed by atoms with E-state index in [0.29, 0.717) is 31.0 Å². The Labute approximate surface area is 185 Å². The molecule has 1 N–H and O–H groups in total. The summed E-state index contributed by atoms with van der Waals surface area (Å²) in [7, 11) is 2.06. The van der Waals surface area contributed by atoms with Gasteiger partial charge in [0, 0.05) is 51.8 Å². The van der Waals surface area contributed by atoms with Crippen LogP contribution in [0.2, 0.25) is 0 Å². The maximum Gasteiger partial charge on any atom is 0.317 e. The number of nitrogens with one attached hydrogen (secondary N) is 1. The zero-order valence-corrected chi connectivity index (χ0v) is 18.0. The van der Waals surface area contributed by atoms with Crippen LogP contribution in [0, 0.1) is 11.6 Å². The van der Waals surface area contributed by atoms with Crippen molar-refractivity contribution >= 4 is 12.0 Å². The molecule has 0 spiro atoms. The van der Waals surface area contributed by atoms with Crippen molar-refractivity contribution in [1.29, 1.82) is 0 Å². The van der Waals surface area contributed by atoms with Crippen LogP contribution in [-0.4, -0.2) is 72.1 Å². The molecule has 10 heteroatoms. The van der Waals surface area contributed by atoms with Gasteiger partial charge in [-0.3, -0.25) is 0 Å². The molecule has 0 aliphatic carbocycles. The van der Waals surface area contributed by atoms with Crippen LogP contribution in [0.15, 0.2) is 30.9 Å². The fraction of sp³-hybridized carbons (Fsp3) is 0.409. The molecule has 2 aromatic rings. The third-order valence-electron chi connectivity index (χ3n) is 5.59. The lowest BCUT2D eigenvalue weighted by Crippen LogP contribution is -2.46. The SMILES string of the molecule is C=CCNC(=O)N1CCc2nc(N3CCN(C)CC3)nc(Oc3ccc(F)c(F)c3)c2C1. The number of hydrogen-bond acceptors (Lipinski definition) is 6. The molecule has 32 heavy (non-hydrogen) atoms. The fourth-order valence-corrected chi connectivity index (χ4v) is 3.70. The highest BCUT2D eigenvalue weighted by Gasteiger charge is 2.28. The van der Waals surface area contributed by atoms with Gasteiger partial charge >= 0.3 is 6.03 Å². The van der Waals surface area contributed by atoms with Crippen molar-refractivity contribution in [2.24, 2.45) is 0 Å². The van der Waals surface area contributed by atoms with Gasteiger partial charge in [-0.05, 0) is 19.2 Å². The highest BCUT2D eigenvalue weighted by Crippen LogP contribution is 2.32. The molecular formula is C22H26F2N6O2. The second-order valence-corrected chi connectivity index (χ2v) is 7.87. The number of fused-ring (bicyclic) bond motifs is 1. The molecule has 0 atom stereocenters. The third kappa shape index (κ3) is 4.80. The average Bonchev–Trinajstić information content (AvgIpc) is 2.80. The van der Waals surface area contributed by atoms with Gasteiger partial charge < -0.3 is 24.8 Å². The molecular weight excluding hydrogens is 418 g/mol. The number of anilines is 1. The monoisotopic (exact) mass is 444 g/mol. The van der Waals surface area contributed by atoms with Gasteiger partial charge in [-0.15, -0.1) is 6.58 Å². The van der Waals surface area contributed by atoms with Crippen LogP contribution in [0.1, 0.15) is 11.3 Å². The Hall–Kier alpha value is -3.27. The summed E-state index contributed by atoms with van der Waals surface area (Å²) >= 11 is 0. The Kier molecular flexibility index (Phi) is 6.50. The van der Waals surface area contributed by atoms with Crippen molar-refractivity contribution in [3.8, 4) is 11.6 Å². The molecule has 2 amide bonds. The molecule has 170 valence electrons. The Morgan fingerprint density at radius 2 is 1.97 bits per heavy atom. The van der Waals surface area contributed by atoms with E-state index in [1.54, 1.807) is 11.0 Å². The van der Waals surface area contributed by atoms with E-state index in [2.05, 4.69) is 33.7 Å². The number of halogens is 2. The second kappa shape index (κ2) is 9.47. The quantitative estimate of drug-likeness (QED) is 0.715. The number of urea groups is 1. The van der Waals surface area contributed by atoms with Crippen LogP contribution in [0.3, 0.4) is 0 Å². The highest BCUT2D eigenvalue weighted by molar-refractivity contribution is 5.74. The van der Waals surface area contributed by atoms with E-state index in [-0.39, 0.29) is 24.2 Å². The van der Waals surface area contributed by atoms with E-state index in [1.165, 1.54) is 6.07 Å². The smallest absolute Gasteiger partial charge is 0.317 e. The lowest BCUT2D eigenvalue weighted by molar-refractivity contribution is 0.192. The van der Waals surface area contributed by atoms with Gasteiger partial charge in [0.15, 0.2) is 11.6 Å². The molecule has 0 radical (unpaired) electrons. The summed E-state index contributed by atoms with van der Waals surface area (Å²) in [5.41, 5.74) is 1.45. The molecule has 2 aliphatic rings. The van der Waals surface area contributed by atoms with Crippen LogP contribution in [0.4, 0.5) is 19.5 Å². The molecule has 0 unspecified atom stereocenters. The summed E-state index contributed by atoms with van der Waals surface area (Å²) in [4.78, 5) is 27.8. The molecule has 4 rings (SSSR count). The average molecular weight is 444 g/mol. The number of amides is 2. The zero-order chi connectivity index (χ0) is 22.7. The highest BCUT2D eigenvalue weighted by atomic mass is 19.2. The van der Waals surface area contributed by atoms with Gasteiger partial charge in [0.1, 0.15) is 5.75 Å². The van der Waals surface area contributed by atoms with Crippen LogP contribution in [-0.2, 0) is 13.0 Å². The molecule has 2 aliphatic heterocycles. The fourth-order valence-electron chi connectivity index (χ4n) is 3.70. The summed E-state index contributed by atoms with van der Waals surface area (Å²) in [6, 6.07) is 3.11. The Morgan fingerprint density at radius 1 is 1.19 bits per heavy atom. The van der Waals surface area contributed by atoms with Crippen LogP contribution < -0.4 is 15.0 Å². The van der Waals surface area contributed by atoms with Gasteiger partial charge in [0.2, 0.25) is 11.8 Å². The number of rotatable bonds is 5. The number of carbonyl (C=O) groups is 1. The lowest BCUT2D eigenvalue weighted by Gasteiger charge is -2.34. The van der Waals surface area contributed by atoms with E-state index >= 15 is 0 Å². The van der Waals surface area contributed by atoms with Crippen LogP contribution in [0.25, 0.3) is 0 Å². The van der Waals surface area contributed by atoms with Gasteiger partial charge in [-0.2, -0.15) is 4.98 Å². The number of nitrogens with zero attached hydrogens (tertiary/aromatic N) is 5. The minimum Gasteiger partial charge on any atom is -0.438 e. The van der Waals surface area contributed by atoms with Crippen molar-refractivity contribution in [1.82, 2.24) is 25.1 Å². The van der Waals surface area contributed by atoms with Crippen molar-refractivity contribution < 1.29 is 18.3 Å². The van der Waals surface area contributed by atoms with Gasteiger partial charge in [-0.1, -0.05) is 6.08 Å². The maximum absolute atomic E-state index is 13.7. The number of likely N-dealkylation sites (N-methyl/N-ethyl adjacent to an activating group) is 1. The first kappa shape index (κ1) is 21.9.